The molecule has 0 radical (unpaired) electrons. The zero-order valence-corrected chi connectivity index (χ0v) is 12.7. The first-order valence-corrected chi connectivity index (χ1v) is 7.21. The zero-order valence-electron chi connectivity index (χ0n) is 12.7. The van der Waals surface area contributed by atoms with Crippen molar-refractivity contribution in [3.8, 4) is 6.07 Å². The number of halogens is 3. The number of nitrogens with zero attached hydrogens (tertiary/aromatic N) is 3. The number of rotatable bonds is 3. The molecule has 0 spiro atoms. The third kappa shape index (κ3) is 3.45. The number of carbonyl (C=O) groups excluding carboxylic acids is 1. The number of aromatic nitrogens is 2. The summed E-state index contributed by atoms with van der Waals surface area (Å²) < 4.78 is 40.4. The SMILES string of the molecule is N#Cc1ccc(NC(=O)Cn2c(C(F)(F)F)nc3ccccc32)cc1. The van der Waals surface area contributed by atoms with Gasteiger partial charge in [0.15, 0.2) is 0 Å². The summed E-state index contributed by atoms with van der Waals surface area (Å²) in [5, 5.41) is 11.2. The number of nitrogens with one attached hydrogen (secondary N) is 1. The Balaban J connectivity index is 1.88. The smallest absolute Gasteiger partial charge is 0.325 e. The largest absolute Gasteiger partial charge is 0.449 e. The van der Waals surface area contributed by atoms with E-state index in [0.717, 1.165) is 4.57 Å². The van der Waals surface area contributed by atoms with E-state index in [1.54, 1.807) is 12.1 Å². The van der Waals surface area contributed by atoms with Gasteiger partial charge in [-0.25, -0.2) is 4.98 Å². The van der Waals surface area contributed by atoms with Gasteiger partial charge in [0.2, 0.25) is 11.7 Å². The third-order valence-electron chi connectivity index (χ3n) is 3.51. The molecule has 3 aromatic rings. The van der Waals surface area contributed by atoms with Crippen LogP contribution in [0.3, 0.4) is 0 Å². The van der Waals surface area contributed by atoms with Crippen LogP contribution in [0.1, 0.15) is 11.4 Å². The van der Waals surface area contributed by atoms with Crippen LogP contribution >= 0.6 is 0 Å². The van der Waals surface area contributed by atoms with Crippen LogP contribution in [0.2, 0.25) is 0 Å². The molecule has 1 N–H and O–H groups in total. The molecule has 0 atom stereocenters. The molecule has 0 bridgehead atoms. The topological polar surface area (TPSA) is 70.7 Å². The Kier molecular flexibility index (Phi) is 4.15. The van der Waals surface area contributed by atoms with Crippen LogP contribution < -0.4 is 5.32 Å². The monoisotopic (exact) mass is 344 g/mol. The second-order valence-corrected chi connectivity index (χ2v) is 5.25. The molecule has 3 rings (SSSR count). The van der Waals surface area contributed by atoms with Crippen molar-refractivity contribution >= 4 is 22.6 Å². The molecule has 5 nitrogen and oxygen atoms in total. The molecule has 8 heteroatoms. The highest BCUT2D eigenvalue weighted by atomic mass is 19.4. The number of carbonyl (C=O) groups is 1. The molecule has 0 saturated heterocycles. The van der Waals surface area contributed by atoms with Gasteiger partial charge in [0, 0.05) is 5.69 Å². The minimum Gasteiger partial charge on any atom is -0.325 e. The Morgan fingerprint density at radius 1 is 1.16 bits per heavy atom. The Labute approximate surface area is 140 Å². The van der Waals surface area contributed by atoms with Crippen molar-refractivity contribution in [2.45, 2.75) is 12.7 Å². The van der Waals surface area contributed by atoms with Crippen LogP contribution in [0.25, 0.3) is 11.0 Å². The summed E-state index contributed by atoms with van der Waals surface area (Å²) in [6.45, 7) is -0.532. The summed E-state index contributed by atoms with van der Waals surface area (Å²) in [5.41, 5.74) is 1.20. The first-order valence-electron chi connectivity index (χ1n) is 7.21. The lowest BCUT2D eigenvalue weighted by Gasteiger charge is -2.11. The van der Waals surface area contributed by atoms with Gasteiger partial charge >= 0.3 is 6.18 Å². The van der Waals surface area contributed by atoms with E-state index in [0.29, 0.717) is 11.3 Å². The number of alkyl halides is 3. The van der Waals surface area contributed by atoms with Crippen molar-refractivity contribution < 1.29 is 18.0 Å². The van der Waals surface area contributed by atoms with E-state index >= 15 is 0 Å². The highest BCUT2D eigenvalue weighted by Gasteiger charge is 2.37. The average Bonchev–Trinajstić information content (AvgIpc) is 2.94. The van der Waals surface area contributed by atoms with Gasteiger partial charge in [-0.2, -0.15) is 18.4 Å². The average molecular weight is 344 g/mol. The van der Waals surface area contributed by atoms with Crippen LogP contribution in [0.5, 0.6) is 0 Å². The molecular weight excluding hydrogens is 333 g/mol. The van der Waals surface area contributed by atoms with Crippen molar-refractivity contribution in [2.75, 3.05) is 5.32 Å². The van der Waals surface area contributed by atoms with Gasteiger partial charge in [-0.15, -0.1) is 0 Å². The Morgan fingerprint density at radius 3 is 2.48 bits per heavy atom. The number of para-hydroxylation sites is 2. The number of fused-ring (bicyclic) bond motifs is 1. The molecule has 0 saturated carbocycles. The van der Waals surface area contributed by atoms with Crippen molar-refractivity contribution in [1.29, 1.82) is 5.26 Å². The van der Waals surface area contributed by atoms with E-state index in [-0.39, 0.29) is 11.0 Å². The maximum absolute atomic E-state index is 13.2. The van der Waals surface area contributed by atoms with Crippen LogP contribution in [0.4, 0.5) is 18.9 Å². The van der Waals surface area contributed by atoms with Crippen LogP contribution in [0.15, 0.2) is 48.5 Å². The van der Waals surface area contributed by atoms with Crippen molar-refractivity contribution in [1.82, 2.24) is 9.55 Å². The first-order chi connectivity index (χ1) is 11.9. The fourth-order valence-corrected chi connectivity index (χ4v) is 2.42. The molecule has 0 unspecified atom stereocenters. The fraction of sp³-hybridized carbons (Fsp3) is 0.118. The van der Waals surface area contributed by atoms with E-state index in [4.69, 9.17) is 5.26 Å². The Bertz CT molecular complexity index is 968. The fourth-order valence-electron chi connectivity index (χ4n) is 2.42. The second-order valence-electron chi connectivity index (χ2n) is 5.25. The maximum Gasteiger partial charge on any atom is 0.449 e. The highest BCUT2D eigenvalue weighted by molar-refractivity contribution is 5.91. The predicted molar refractivity (Wildman–Crippen MR) is 84.5 cm³/mol. The minimum absolute atomic E-state index is 0.168. The molecule has 2 aromatic carbocycles. The lowest BCUT2D eigenvalue weighted by atomic mass is 10.2. The van der Waals surface area contributed by atoms with Gasteiger partial charge in [-0.05, 0) is 36.4 Å². The van der Waals surface area contributed by atoms with E-state index in [1.807, 2.05) is 6.07 Å². The lowest BCUT2D eigenvalue weighted by molar-refractivity contribution is -0.147. The second kappa shape index (κ2) is 6.28. The van der Waals surface area contributed by atoms with E-state index in [1.165, 1.54) is 36.4 Å². The van der Waals surface area contributed by atoms with E-state index < -0.39 is 24.5 Å². The summed E-state index contributed by atoms with van der Waals surface area (Å²) in [6.07, 6.45) is -4.67. The molecule has 126 valence electrons. The molecular formula is C17H11F3N4O. The summed E-state index contributed by atoms with van der Waals surface area (Å²) in [6, 6.07) is 14.1. The van der Waals surface area contributed by atoms with E-state index in [2.05, 4.69) is 10.3 Å². The number of nitriles is 1. The number of hydrogen-bond donors (Lipinski definition) is 1. The predicted octanol–water partition coefficient (Wildman–Crippen LogP) is 3.57. The Morgan fingerprint density at radius 2 is 1.84 bits per heavy atom. The summed E-state index contributed by atoms with van der Waals surface area (Å²) >= 11 is 0. The van der Waals surface area contributed by atoms with Gasteiger partial charge in [0.25, 0.3) is 0 Å². The van der Waals surface area contributed by atoms with Gasteiger partial charge in [0.1, 0.15) is 6.54 Å². The summed E-state index contributed by atoms with van der Waals surface area (Å²) in [4.78, 5) is 15.8. The minimum atomic E-state index is -4.67. The van der Waals surface area contributed by atoms with Crippen LogP contribution in [-0.4, -0.2) is 15.5 Å². The summed E-state index contributed by atoms with van der Waals surface area (Å²) in [7, 11) is 0. The highest BCUT2D eigenvalue weighted by Crippen LogP contribution is 2.31. The Hall–Kier alpha value is -3.34. The van der Waals surface area contributed by atoms with E-state index in [9.17, 15) is 18.0 Å². The maximum atomic E-state index is 13.2. The molecule has 1 amide bonds. The molecule has 25 heavy (non-hydrogen) atoms. The van der Waals surface area contributed by atoms with Crippen molar-refractivity contribution in [3.05, 3.63) is 59.9 Å². The lowest BCUT2D eigenvalue weighted by Crippen LogP contribution is -2.23. The molecule has 0 aliphatic heterocycles. The molecule has 0 aliphatic carbocycles. The third-order valence-corrected chi connectivity index (χ3v) is 3.51. The molecule has 1 heterocycles. The van der Waals surface area contributed by atoms with Gasteiger partial charge in [0.05, 0.1) is 22.7 Å². The van der Waals surface area contributed by atoms with Crippen molar-refractivity contribution in [3.63, 3.8) is 0 Å². The van der Waals surface area contributed by atoms with Gasteiger partial charge < -0.3 is 9.88 Å². The number of amides is 1. The number of hydrogen-bond acceptors (Lipinski definition) is 3. The number of benzene rings is 2. The normalized spacial score (nSPS) is 11.3. The first kappa shape index (κ1) is 16.5. The van der Waals surface area contributed by atoms with Crippen LogP contribution in [0, 0.1) is 11.3 Å². The number of imidazole rings is 1. The van der Waals surface area contributed by atoms with Crippen LogP contribution in [-0.2, 0) is 17.5 Å². The zero-order chi connectivity index (χ0) is 18.0. The standard InChI is InChI=1S/C17H11F3N4O/c18-17(19,20)16-23-13-3-1-2-4-14(13)24(16)10-15(25)22-12-7-5-11(9-21)6-8-12/h1-8H,10H2,(H,22,25). The van der Waals surface area contributed by atoms with Gasteiger partial charge in [-0.3, -0.25) is 4.79 Å². The number of anilines is 1. The molecule has 0 fully saturated rings. The van der Waals surface area contributed by atoms with Crippen molar-refractivity contribution in [2.24, 2.45) is 0 Å². The quantitative estimate of drug-likeness (QED) is 0.790. The summed E-state index contributed by atoms with van der Waals surface area (Å²) in [5.74, 6) is -1.75. The van der Waals surface area contributed by atoms with Gasteiger partial charge in [-0.1, -0.05) is 12.1 Å². The molecule has 0 aliphatic rings. The molecule has 1 aromatic heterocycles.